The second kappa shape index (κ2) is 7.27. The van der Waals surface area contributed by atoms with E-state index in [1.807, 2.05) is 36.6 Å². The summed E-state index contributed by atoms with van der Waals surface area (Å²) in [6.07, 6.45) is 2.88. The van der Waals surface area contributed by atoms with Gasteiger partial charge in [0.1, 0.15) is 17.0 Å². The summed E-state index contributed by atoms with van der Waals surface area (Å²) in [6.45, 7) is 12.0. The third-order valence-electron chi connectivity index (χ3n) is 6.16. The van der Waals surface area contributed by atoms with Crippen LogP contribution in [0.5, 0.6) is 0 Å². The number of nitrogens with zero attached hydrogens (tertiary/aromatic N) is 4. The van der Waals surface area contributed by atoms with Crippen LogP contribution >= 0.6 is 0 Å². The van der Waals surface area contributed by atoms with Crippen LogP contribution in [0.15, 0.2) is 28.1 Å². The van der Waals surface area contributed by atoms with Crippen LogP contribution in [0.2, 0.25) is 0 Å². The number of imidazole rings is 1. The SMILES string of the molecule is CCS(=O)c1c(-c2nc3cc(S(C)(=O)=O)ccn3c2C)nn2c(C)c(C)c(C)c(C)c12. The Kier molecular flexibility index (Phi) is 5.09. The highest BCUT2D eigenvalue weighted by molar-refractivity contribution is 7.90. The molecule has 9 heteroatoms. The van der Waals surface area contributed by atoms with Crippen molar-refractivity contribution < 1.29 is 12.6 Å². The van der Waals surface area contributed by atoms with Gasteiger partial charge < -0.3 is 4.40 Å². The third-order valence-corrected chi connectivity index (χ3v) is 8.64. The first-order valence-electron chi connectivity index (χ1n) is 10.0. The van der Waals surface area contributed by atoms with Crippen molar-refractivity contribution in [3.8, 4) is 11.4 Å². The van der Waals surface area contributed by atoms with E-state index < -0.39 is 20.6 Å². The Bertz CT molecular complexity index is 1510. The predicted molar refractivity (Wildman–Crippen MR) is 123 cm³/mol. The van der Waals surface area contributed by atoms with E-state index in [0.29, 0.717) is 27.7 Å². The molecule has 164 valence electrons. The molecule has 0 fully saturated rings. The van der Waals surface area contributed by atoms with Gasteiger partial charge in [0.05, 0.1) is 26.1 Å². The van der Waals surface area contributed by atoms with Crippen LogP contribution in [-0.4, -0.2) is 43.6 Å². The molecule has 1 unspecified atom stereocenters. The molecule has 1 atom stereocenters. The minimum Gasteiger partial charge on any atom is -0.304 e. The normalized spacial score (nSPS) is 13.4. The van der Waals surface area contributed by atoms with Crippen molar-refractivity contribution in [1.82, 2.24) is 19.0 Å². The highest BCUT2D eigenvalue weighted by Gasteiger charge is 2.26. The molecule has 0 aliphatic carbocycles. The van der Waals surface area contributed by atoms with E-state index in [1.165, 1.54) is 6.26 Å². The van der Waals surface area contributed by atoms with Crippen LogP contribution in [0.25, 0.3) is 22.6 Å². The van der Waals surface area contributed by atoms with Crippen molar-refractivity contribution >= 4 is 31.8 Å². The number of hydrogen-bond donors (Lipinski definition) is 0. The summed E-state index contributed by atoms with van der Waals surface area (Å²) in [7, 11) is -4.61. The Morgan fingerprint density at radius 1 is 1.00 bits per heavy atom. The summed E-state index contributed by atoms with van der Waals surface area (Å²) in [6, 6.07) is 3.12. The monoisotopic (exact) mass is 458 g/mol. The molecule has 0 amide bonds. The average Bonchev–Trinajstić information content (AvgIpc) is 3.27. The van der Waals surface area contributed by atoms with Gasteiger partial charge in [-0.15, -0.1) is 0 Å². The summed E-state index contributed by atoms with van der Waals surface area (Å²) in [4.78, 5) is 5.61. The number of aryl methyl sites for hydroxylation is 3. The van der Waals surface area contributed by atoms with Crippen molar-refractivity contribution in [1.29, 1.82) is 0 Å². The molecule has 0 aromatic carbocycles. The zero-order chi connectivity index (χ0) is 22.8. The van der Waals surface area contributed by atoms with E-state index in [2.05, 4.69) is 13.8 Å². The summed E-state index contributed by atoms with van der Waals surface area (Å²) >= 11 is 0. The molecule has 0 radical (unpaired) electrons. The van der Waals surface area contributed by atoms with Gasteiger partial charge in [0.15, 0.2) is 9.84 Å². The van der Waals surface area contributed by atoms with E-state index in [4.69, 9.17) is 10.1 Å². The first kappa shape index (κ1) is 21.7. The highest BCUT2D eigenvalue weighted by Crippen LogP contribution is 2.35. The number of sulfone groups is 1. The Morgan fingerprint density at radius 3 is 2.29 bits per heavy atom. The van der Waals surface area contributed by atoms with E-state index >= 15 is 0 Å². The number of hydrogen-bond acceptors (Lipinski definition) is 5. The van der Waals surface area contributed by atoms with Gasteiger partial charge in [-0.1, -0.05) is 6.92 Å². The fourth-order valence-electron chi connectivity index (χ4n) is 3.98. The first-order chi connectivity index (χ1) is 14.5. The Morgan fingerprint density at radius 2 is 1.68 bits per heavy atom. The fraction of sp³-hybridized carbons (Fsp3) is 0.364. The maximum atomic E-state index is 13.2. The number of fused-ring (bicyclic) bond motifs is 2. The molecule has 7 nitrogen and oxygen atoms in total. The lowest BCUT2D eigenvalue weighted by atomic mass is 10.0. The molecule has 0 aliphatic rings. The van der Waals surface area contributed by atoms with Crippen molar-refractivity contribution in [2.45, 2.75) is 51.3 Å². The molecular weight excluding hydrogens is 432 g/mol. The van der Waals surface area contributed by atoms with Gasteiger partial charge in [-0.3, -0.25) is 4.21 Å². The quantitative estimate of drug-likeness (QED) is 0.465. The minimum atomic E-state index is -3.35. The van der Waals surface area contributed by atoms with Crippen LogP contribution in [-0.2, 0) is 20.6 Å². The second-order valence-corrected chi connectivity index (χ2v) is 11.6. The smallest absolute Gasteiger partial charge is 0.175 e. The molecule has 0 saturated carbocycles. The lowest BCUT2D eigenvalue weighted by molar-refractivity contribution is 0.601. The minimum absolute atomic E-state index is 0.210. The predicted octanol–water partition coefficient (Wildman–Crippen LogP) is 3.72. The summed E-state index contributed by atoms with van der Waals surface area (Å²) in [5, 5.41) is 4.87. The lowest BCUT2D eigenvalue weighted by Gasteiger charge is -2.12. The van der Waals surface area contributed by atoms with E-state index in [1.54, 1.807) is 18.3 Å². The molecule has 0 N–H and O–H groups in total. The molecule has 4 aromatic rings. The van der Waals surface area contributed by atoms with Crippen LogP contribution in [0, 0.1) is 34.6 Å². The Labute approximate surface area is 184 Å². The van der Waals surface area contributed by atoms with Gasteiger partial charge >= 0.3 is 0 Å². The highest BCUT2D eigenvalue weighted by atomic mass is 32.2. The number of aromatic nitrogens is 4. The molecule has 4 rings (SSSR count). The Balaban J connectivity index is 2.12. The fourth-order valence-corrected chi connectivity index (χ4v) is 5.71. The van der Waals surface area contributed by atoms with E-state index in [9.17, 15) is 12.6 Å². The van der Waals surface area contributed by atoms with Gasteiger partial charge in [-0.05, 0) is 57.4 Å². The third kappa shape index (κ3) is 3.22. The maximum absolute atomic E-state index is 13.2. The van der Waals surface area contributed by atoms with Crippen LogP contribution in [0.3, 0.4) is 0 Å². The van der Waals surface area contributed by atoms with Crippen LogP contribution < -0.4 is 0 Å². The van der Waals surface area contributed by atoms with Crippen molar-refractivity contribution in [3.63, 3.8) is 0 Å². The maximum Gasteiger partial charge on any atom is 0.175 e. The van der Waals surface area contributed by atoms with Gasteiger partial charge in [-0.2, -0.15) is 5.10 Å². The molecule has 4 aromatic heterocycles. The molecule has 0 aliphatic heterocycles. The largest absolute Gasteiger partial charge is 0.304 e. The van der Waals surface area contributed by atoms with Gasteiger partial charge in [0.2, 0.25) is 0 Å². The zero-order valence-corrected chi connectivity index (χ0v) is 20.4. The van der Waals surface area contributed by atoms with E-state index in [-0.39, 0.29) is 4.90 Å². The average molecular weight is 459 g/mol. The summed E-state index contributed by atoms with van der Waals surface area (Å²) in [5.74, 6) is 0.463. The standard InChI is InChI=1S/C22H26N4O3S2/c1-8-30(27)22-20(24-26-15(5)13(3)12(2)14(4)21(22)26)19-16(6)25-10-9-17(31(7,28)29)11-18(25)23-19/h9-11H,8H2,1-7H3. The zero-order valence-electron chi connectivity index (χ0n) is 18.8. The van der Waals surface area contributed by atoms with Gasteiger partial charge in [0, 0.05) is 35.7 Å². The van der Waals surface area contributed by atoms with Crippen molar-refractivity contribution in [2.75, 3.05) is 12.0 Å². The topological polar surface area (TPSA) is 85.8 Å². The number of rotatable bonds is 4. The Hall–Kier alpha value is -2.52. The van der Waals surface area contributed by atoms with Crippen molar-refractivity contribution in [2.24, 2.45) is 0 Å². The lowest BCUT2D eigenvalue weighted by Crippen LogP contribution is -2.03. The summed E-state index contributed by atoms with van der Waals surface area (Å²) < 4.78 is 40.9. The first-order valence-corrected chi connectivity index (χ1v) is 13.2. The van der Waals surface area contributed by atoms with Gasteiger partial charge in [0.25, 0.3) is 0 Å². The van der Waals surface area contributed by atoms with E-state index in [0.717, 1.165) is 33.6 Å². The van der Waals surface area contributed by atoms with Crippen LogP contribution in [0.1, 0.15) is 35.0 Å². The summed E-state index contributed by atoms with van der Waals surface area (Å²) in [5.41, 5.74) is 7.76. The second-order valence-electron chi connectivity index (χ2n) is 7.94. The van der Waals surface area contributed by atoms with Crippen molar-refractivity contribution in [3.05, 3.63) is 46.4 Å². The van der Waals surface area contributed by atoms with Crippen LogP contribution in [0.4, 0.5) is 0 Å². The molecular formula is C22H26N4O3S2. The number of pyridine rings is 2. The molecule has 0 bridgehead atoms. The molecule has 4 heterocycles. The molecule has 0 saturated heterocycles. The molecule has 31 heavy (non-hydrogen) atoms. The van der Waals surface area contributed by atoms with Gasteiger partial charge in [-0.25, -0.2) is 17.9 Å². The molecule has 0 spiro atoms.